The second-order valence-electron chi connectivity index (χ2n) is 7.30. The molecular weight excluding hydrogens is 258 g/mol. The van der Waals surface area contributed by atoms with Crippen molar-refractivity contribution in [1.82, 2.24) is 4.90 Å². The number of amides is 1. The highest BCUT2D eigenvalue weighted by Gasteiger charge is 2.54. The zero-order chi connectivity index (χ0) is 13.9. The predicted octanol–water partition coefficient (Wildman–Crippen LogP) is 2.25. The number of ether oxygens (including phenoxy) is 1. The minimum Gasteiger partial charge on any atom is -0.480 e. The Morgan fingerprint density at radius 2 is 1.60 bits per heavy atom. The number of likely N-dealkylation sites (tertiary alicyclic amines) is 1. The Bertz CT molecular complexity index is 426. The highest BCUT2D eigenvalue weighted by atomic mass is 16.6. The maximum absolute atomic E-state index is 12.3. The van der Waals surface area contributed by atoms with Gasteiger partial charge in [-0.1, -0.05) is 0 Å². The second-order valence-corrected chi connectivity index (χ2v) is 7.30. The molecule has 4 bridgehead atoms. The van der Waals surface area contributed by atoms with E-state index in [0.717, 1.165) is 37.0 Å². The van der Waals surface area contributed by atoms with Gasteiger partial charge in [0.25, 0.3) is 0 Å². The molecule has 1 amide bonds. The fourth-order valence-corrected chi connectivity index (χ4v) is 5.26. The lowest BCUT2D eigenvalue weighted by atomic mass is 9.54. The Kier molecular flexibility index (Phi) is 2.57. The van der Waals surface area contributed by atoms with Crippen LogP contribution in [0.4, 0.5) is 4.79 Å². The molecule has 0 spiro atoms. The van der Waals surface area contributed by atoms with Crippen LogP contribution in [-0.4, -0.2) is 40.3 Å². The van der Waals surface area contributed by atoms with E-state index in [2.05, 4.69) is 0 Å². The van der Waals surface area contributed by atoms with Gasteiger partial charge in [0.05, 0.1) is 0 Å². The minimum atomic E-state index is -0.918. The van der Waals surface area contributed by atoms with E-state index in [-0.39, 0.29) is 5.60 Å². The summed E-state index contributed by atoms with van der Waals surface area (Å²) in [5.41, 5.74) is -0.273. The number of nitrogens with zero attached hydrogens (tertiary/aromatic N) is 1. The van der Waals surface area contributed by atoms with Crippen LogP contribution in [0.15, 0.2) is 0 Å². The standard InChI is InChI=1S/C15H21NO4/c17-13(18)12-1-2-16(12)14(19)20-15-6-9-3-10(7-15)5-11(4-9)8-15/h9-12H,1-8H2,(H,17,18). The molecule has 20 heavy (non-hydrogen) atoms. The molecule has 1 heterocycles. The molecule has 1 unspecified atom stereocenters. The smallest absolute Gasteiger partial charge is 0.411 e. The molecule has 0 aromatic carbocycles. The lowest BCUT2D eigenvalue weighted by Gasteiger charge is -2.56. The van der Waals surface area contributed by atoms with Crippen LogP contribution in [-0.2, 0) is 9.53 Å². The largest absolute Gasteiger partial charge is 0.480 e. The summed E-state index contributed by atoms with van der Waals surface area (Å²) < 4.78 is 5.86. The molecular formula is C15H21NO4. The zero-order valence-corrected chi connectivity index (χ0v) is 11.6. The van der Waals surface area contributed by atoms with Crippen molar-refractivity contribution in [2.45, 2.75) is 56.6 Å². The van der Waals surface area contributed by atoms with E-state index < -0.39 is 18.1 Å². The quantitative estimate of drug-likeness (QED) is 0.842. The first-order valence-electron chi connectivity index (χ1n) is 7.77. The Morgan fingerprint density at radius 1 is 1.05 bits per heavy atom. The van der Waals surface area contributed by atoms with E-state index in [0.29, 0.717) is 13.0 Å². The summed E-state index contributed by atoms with van der Waals surface area (Å²) >= 11 is 0. The Balaban J connectivity index is 1.46. The number of carbonyl (C=O) groups excluding carboxylic acids is 1. The first kappa shape index (κ1) is 12.5. The van der Waals surface area contributed by atoms with Crippen LogP contribution in [0.25, 0.3) is 0 Å². The van der Waals surface area contributed by atoms with E-state index in [4.69, 9.17) is 9.84 Å². The maximum Gasteiger partial charge on any atom is 0.411 e. The predicted molar refractivity (Wildman–Crippen MR) is 70.1 cm³/mol. The fourth-order valence-electron chi connectivity index (χ4n) is 5.26. The summed E-state index contributed by atoms with van der Waals surface area (Å²) in [6.07, 6.45) is 7.05. The number of carboxylic acids is 1. The molecule has 5 heteroatoms. The summed E-state index contributed by atoms with van der Waals surface area (Å²) in [5, 5.41) is 9.03. The van der Waals surface area contributed by atoms with Crippen molar-refractivity contribution >= 4 is 12.1 Å². The van der Waals surface area contributed by atoms with Crippen molar-refractivity contribution < 1.29 is 19.4 Å². The molecule has 5 nitrogen and oxygen atoms in total. The fraction of sp³-hybridized carbons (Fsp3) is 0.867. The van der Waals surface area contributed by atoms with Crippen molar-refractivity contribution in [1.29, 1.82) is 0 Å². The molecule has 1 saturated heterocycles. The Labute approximate surface area is 118 Å². The number of aliphatic carboxylic acids is 1. The minimum absolute atomic E-state index is 0.273. The number of rotatable bonds is 2. The van der Waals surface area contributed by atoms with Crippen molar-refractivity contribution in [3.8, 4) is 0 Å². The van der Waals surface area contributed by atoms with Gasteiger partial charge in [0.2, 0.25) is 0 Å². The van der Waals surface area contributed by atoms with Gasteiger partial charge in [-0.3, -0.25) is 4.90 Å². The van der Waals surface area contributed by atoms with Gasteiger partial charge < -0.3 is 9.84 Å². The average molecular weight is 279 g/mol. The van der Waals surface area contributed by atoms with Gasteiger partial charge in [-0.2, -0.15) is 0 Å². The summed E-state index contributed by atoms with van der Waals surface area (Å²) in [7, 11) is 0. The van der Waals surface area contributed by atoms with E-state index in [1.165, 1.54) is 24.2 Å². The molecule has 0 aromatic rings. The van der Waals surface area contributed by atoms with Crippen molar-refractivity contribution in [3.63, 3.8) is 0 Å². The summed E-state index contributed by atoms with van der Waals surface area (Å²) in [5.74, 6) is 1.25. The molecule has 0 radical (unpaired) electrons. The van der Waals surface area contributed by atoms with Crippen LogP contribution in [0.3, 0.4) is 0 Å². The number of hydrogen-bond acceptors (Lipinski definition) is 3. The van der Waals surface area contributed by atoms with E-state index >= 15 is 0 Å². The van der Waals surface area contributed by atoms with Gasteiger partial charge in [-0.15, -0.1) is 0 Å². The second kappa shape index (κ2) is 4.12. The molecule has 110 valence electrons. The molecule has 4 saturated carbocycles. The van der Waals surface area contributed by atoms with Crippen LogP contribution in [0, 0.1) is 17.8 Å². The van der Waals surface area contributed by atoms with Crippen LogP contribution < -0.4 is 0 Å². The van der Waals surface area contributed by atoms with E-state index in [9.17, 15) is 9.59 Å². The molecule has 5 rings (SSSR count). The van der Waals surface area contributed by atoms with Gasteiger partial charge >= 0.3 is 12.1 Å². The van der Waals surface area contributed by atoms with Crippen molar-refractivity contribution in [3.05, 3.63) is 0 Å². The topological polar surface area (TPSA) is 66.8 Å². The third kappa shape index (κ3) is 1.82. The van der Waals surface area contributed by atoms with Crippen LogP contribution >= 0.6 is 0 Å². The first-order chi connectivity index (χ1) is 9.55. The average Bonchev–Trinajstić information content (AvgIpc) is 2.22. The van der Waals surface area contributed by atoms with Crippen molar-refractivity contribution in [2.24, 2.45) is 17.8 Å². The lowest BCUT2D eigenvalue weighted by molar-refractivity contribution is -0.155. The van der Waals surface area contributed by atoms with Crippen LogP contribution in [0.2, 0.25) is 0 Å². The Hall–Kier alpha value is -1.26. The monoisotopic (exact) mass is 279 g/mol. The maximum atomic E-state index is 12.3. The highest BCUT2D eigenvalue weighted by molar-refractivity contribution is 5.82. The summed E-state index contributed by atoms with van der Waals surface area (Å²) in [4.78, 5) is 24.7. The van der Waals surface area contributed by atoms with Gasteiger partial charge in [0.15, 0.2) is 0 Å². The summed E-state index contributed by atoms with van der Waals surface area (Å²) in [6.45, 7) is 0.516. The van der Waals surface area contributed by atoms with Gasteiger partial charge in [0, 0.05) is 6.54 Å². The highest BCUT2D eigenvalue weighted by Crippen LogP contribution is 2.57. The zero-order valence-electron chi connectivity index (χ0n) is 11.6. The van der Waals surface area contributed by atoms with Gasteiger partial charge in [0.1, 0.15) is 11.6 Å². The van der Waals surface area contributed by atoms with Gasteiger partial charge in [-0.25, -0.2) is 9.59 Å². The molecule has 1 aliphatic heterocycles. The number of carbonyl (C=O) groups is 2. The number of hydrogen-bond donors (Lipinski definition) is 1. The van der Waals surface area contributed by atoms with Crippen LogP contribution in [0.1, 0.15) is 44.9 Å². The molecule has 5 fully saturated rings. The van der Waals surface area contributed by atoms with Crippen molar-refractivity contribution in [2.75, 3.05) is 6.54 Å². The normalized spacial score (nSPS) is 45.1. The van der Waals surface area contributed by atoms with E-state index in [1.54, 1.807) is 0 Å². The van der Waals surface area contributed by atoms with E-state index in [1.807, 2.05) is 0 Å². The third-order valence-corrected chi connectivity index (χ3v) is 5.83. The number of carboxylic acid groups (broad SMARTS) is 1. The van der Waals surface area contributed by atoms with Crippen LogP contribution in [0.5, 0.6) is 0 Å². The summed E-state index contributed by atoms with van der Waals surface area (Å²) in [6, 6.07) is -0.670. The molecule has 1 atom stereocenters. The molecule has 0 aromatic heterocycles. The van der Waals surface area contributed by atoms with Gasteiger partial charge in [-0.05, 0) is 62.7 Å². The molecule has 1 N–H and O–H groups in total. The lowest BCUT2D eigenvalue weighted by Crippen LogP contribution is -2.59. The SMILES string of the molecule is O=C(O)C1CCN1C(=O)OC12CC3CC(CC(C3)C1)C2. The molecule has 5 aliphatic rings. The molecule has 4 aliphatic carbocycles. The third-order valence-electron chi connectivity index (χ3n) is 5.83. The first-order valence-corrected chi connectivity index (χ1v) is 7.77. The Morgan fingerprint density at radius 3 is 2.00 bits per heavy atom.